The third kappa shape index (κ3) is 4.61. The molecule has 1 unspecified atom stereocenters. The summed E-state index contributed by atoms with van der Waals surface area (Å²) in [6, 6.07) is 17.3. The molecule has 0 fully saturated rings. The van der Waals surface area contributed by atoms with Crippen LogP contribution in [0.2, 0.25) is 0 Å². The number of nitrogens with one attached hydrogen (secondary N) is 2. The molecule has 0 spiro atoms. The minimum Gasteiger partial charge on any atom is -0.457 e. The van der Waals surface area contributed by atoms with Gasteiger partial charge in [-0.1, -0.05) is 30.3 Å². The topological polar surface area (TPSA) is 50.4 Å². The van der Waals surface area contributed by atoms with Crippen molar-refractivity contribution in [2.45, 2.75) is 19.5 Å². The molecule has 4 heteroatoms. The van der Waals surface area contributed by atoms with Gasteiger partial charge in [0.25, 0.3) is 0 Å². The van der Waals surface area contributed by atoms with Crippen molar-refractivity contribution in [3.8, 4) is 11.5 Å². The van der Waals surface area contributed by atoms with Crippen LogP contribution in [0.3, 0.4) is 0 Å². The summed E-state index contributed by atoms with van der Waals surface area (Å²) in [7, 11) is 1.63. The first kappa shape index (κ1) is 15.1. The molecule has 2 rings (SSSR count). The van der Waals surface area contributed by atoms with Crippen molar-refractivity contribution in [2.24, 2.45) is 0 Å². The van der Waals surface area contributed by atoms with Crippen molar-refractivity contribution in [1.29, 1.82) is 0 Å². The van der Waals surface area contributed by atoms with Crippen molar-refractivity contribution in [3.63, 3.8) is 0 Å². The van der Waals surface area contributed by atoms with Crippen molar-refractivity contribution >= 4 is 5.91 Å². The highest BCUT2D eigenvalue weighted by Gasteiger charge is 2.09. The standard InChI is InChI=1S/C17H20N2O2/c1-13(17(20)18-2)19-12-14-7-6-10-16(11-14)21-15-8-4-3-5-9-15/h3-11,13,19H,12H2,1-2H3,(H,18,20). The van der Waals surface area contributed by atoms with Gasteiger partial charge in [0.15, 0.2) is 0 Å². The molecule has 1 atom stereocenters. The second-order valence-electron chi connectivity index (χ2n) is 4.78. The predicted molar refractivity (Wildman–Crippen MR) is 83.3 cm³/mol. The van der Waals surface area contributed by atoms with Crippen LogP contribution in [0.25, 0.3) is 0 Å². The first-order valence-electron chi connectivity index (χ1n) is 6.96. The Morgan fingerprint density at radius 1 is 1.10 bits per heavy atom. The summed E-state index contributed by atoms with van der Waals surface area (Å²) in [6.45, 7) is 2.45. The van der Waals surface area contributed by atoms with E-state index in [1.54, 1.807) is 7.05 Å². The van der Waals surface area contributed by atoms with E-state index < -0.39 is 0 Å². The van der Waals surface area contributed by atoms with E-state index >= 15 is 0 Å². The Labute approximate surface area is 125 Å². The Bertz CT molecular complexity index is 584. The summed E-state index contributed by atoms with van der Waals surface area (Å²) < 4.78 is 5.79. The highest BCUT2D eigenvalue weighted by atomic mass is 16.5. The molecule has 0 bridgehead atoms. The second kappa shape index (κ2) is 7.45. The first-order chi connectivity index (χ1) is 10.2. The van der Waals surface area contributed by atoms with Crippen LogP contribution in [0.1, 0.15) is 12.5 Å². The smallest absolute Gasteiger partial charge is 0.236 e. The Morgan fingerprint density at radius 3 is 2.52 bits per heavy atom. The van der Waals surface area contributed by atoms with Gasteiger partial charge in [0.05, 0.1) is 6.04 Å². The van der Waals surface area contributed by atoms with E-state index in [-0.39, 0.29) is 11.9 Å². The number of carbonyl (C=O) groups is 1. The highest BCUT2D eigenvalue weighted by Crippen LogP contribution is 2.21. The number of benzene rings is 2. The second-order valence-corrected chi connectivity index (χ2v) is 4.78. The lowest BCUT2D eigenvalue weighted by Crippen LogP contribution is -2.40. The molecule has 2 N–H and O–H groups in total. The number of amides is 1. The molecular formula is C17H20N2O2. The number of hydrogen-bond donors (Lipinski definition) is 2. The van der Waals surface area contributed by atoms with Crippen LogP contribution in [0.4, 0.5) is 0 Å². The molecule has 110 valence electrons. The van der Waals surface area contributed by atoms with Crippen molar-refractivity contribution in [2.75, 3.05) is 7.05 Å². The fraction of sp³-hybridized carbons (Fsp3) is 0.235. The minimum absolute atomic E-state index is 0.0216. The molecule has 4 nitrogen and oxygen atoms in total. The van der Waals surface area contributed by atoms with E-state index in [1.165, 1.54) is 0 Å². The van der Waals surface area contributed by atoms with Crippen LogP contribution in [-0.4, -0.2) is 19.0 Å². The average molecular weight is 284 g/mol. The molecule has 0 aliphatic heterocycles. The van der Waals surface area contributed by atoms with Crippen LogP contribution < -0.4 is 15.4 Å². The molecule has 1 amide bonds. The van der Waals surface area contributed by atoms with Gasteiger partial charge in [-0.15, -0.1) is 0 Å². The third-order valence-corrected chi connectivity index (χ3v) is 3.13. The number of carbonyl (C=O) groups excluding carboxylic acids is 1. The van der Waals surface area contributed by atoms with Gasteiger partial charge in [-0.2, -0.15) is 0 Å². The molecule has 0 aliphatic carbocycles. The Balaban J connectivity index is 1.96. The third-order valence-electron chi connectivity index (χ3n) is 3.13. The van der Waals surface area contributed by atoms with Gasteiger partial charge in [0.1, 0.15) is 11.5 Å². The quantitative estimate of drug-likeness (QED) is 0.857. The van der Waals surface area contributed by atoms with Gasteiger partial charge in [-0.3, -0.25) is 4.79 Å². The minimum atomic E-state index is -0.228. The molecule has 2 aromatic carbocycles. The maximum Gasteiger partial charge on any atom is 0.236 e. The van der Waals surface area contributed by atoms with E-state index in [4.69, 9.17) is 4.74 Å². The van der Waals surface area contributed by atoms with Gasteiger partial charge in [-0.25, -0.2) is 0 Å². The van der Waals surface area contributed by atoms with Crippen molar-refractivity contribution in [3.05, 3.63) is 60.2 Å². The van der Waals surface area contributed by atoms with Crippen LogP contribution in [0.15, 0.2) is 54.6 Å². The summed E-state index contributed by atoms with van der Waals surface area (Å²) in [5.41, 5.74) is 1.07. The lowest BCUT2D eigenvalue weighted by molar-refractivity contribution is -0.122. The molecule has 0 aromatic heterocycles. The first-order valence-corrected chi connectivity index (χ1v) is 6.96. The van der Waals surface area contributed by atoms with Crippen LogP contribution in [0, 0.1) is 0 Å². The van der Waals surface area contributed by atoms with E-state index in [0.717, 1.165) is 17.1 Å². The number of para-hydroxylation sites is 1. The molecule has 0 aliphatic rings. The maximum absolute atomic E-state index is 11.4. The largest absolute Gasteiger partial charge is 0.457 e. The van der Waals surface area contributed by atoms with E-state index in [9.17, 15) is 4.79 Å². The van der Waals surface area contributed by atoms with Gasteiger partial charge in [-0.05, 0) is 36.8 Å². The molecule has 21 heavy (non-hydrogen) atoms. The summed E-state index contributed by atoms with van der Waals surface area (Å²) in [5, 5.41) is 5.79. The fourth-order valence-corrected chi connectivity index (χ4v) is 1.92. The van der Waals surface area contributed by atoms with Gasteiger partial charge in [0.2, 0.25) is 5.91 Å². The maximum atomic E-state index is 11.4. The summed E-state index contributed by atoms with van der Waals surface area (Å²) in [5.74, 6) is 1.57. The molecule has 2 aromatic rings. The van der Waals surface area contributed by atoms with Crippen LogP contribution in [-0.2, 0) is 11.3 Å². The van der Waals surface area contributed by atoms with Gasteiger partial charge < -0.3 is 15.4 Å². The van der Waals surface area contributed by atoms with Crippen LogP contribution in [0.5, 0.6) is 11.5 Å². The zero-order chi connectivity index (χ0) is 15.1. The summed E-state index contributed by atoms with van der Waals surface area (Å²) in [4.78, 5) is 11.4. The number of ether oxygens (including phenoxy) is 1. The lowest BCUT2D eigenvalue weighted by atomic mass is 10.2. The Morgan fingerprint density at radius 2 is 1.81 bits per heavy atom. The fourth-order valence-electron chi connectivity index (χ4n) is 1.92. The number of likely N-dealkylation sites (N-methyl/N-ethyl adjacent to an activating group) is 1. The van der Waals surface area contributed by atoms with Gasteiger partial charge >= 0.3 is 0 Å². The summed E-state index contributed by atoms with van der Waals surface area (Å²) >= 11 is 0. The van der Waals surface area contributed by atoms with E-state index in [0.29, 0.717) is 6.54 Å². The molecule has 0 radical (unpaired) electrons. The highest BCUT2D eigenvalue weighted by molar-refractivity contribution is 5.80. The predicted octanol–water partition coefficient (Wildman–Crippen LogP) is 2.70. The normalized spacial score (nSPS) is 11.7. The average Bonchev–Trinajstić information content (AvgIpc) is 2.53. The summed E-state index contributed by atoms with van der Waals surface area (Å²) in [6.07, 6.45) is 0. The Kier molecular flexibility index (Phi) is 5.35. The van der Waals surface area contributed by atoms with Crippen LogP contribution >= 0.6 is 0 Å². The van der Waals surface area contributed by atoms with E-state index in [2.05, 4.69) is 10.6 Å². The monoisotopic (exact) mass is 284 g/mol. The van der Waals surface area contributed by atoms with Gasteiger partial charge in [0, 0.05) is 13.6 Å². The molecule has 0 saturated heterocycles. The molecular weight excluding hydrogens is 264 g/mol. The lowest BCUT2D eigenvalue weighted by Gasteiger charge is -2.13. The SMILES string of the molecule is CNC(=O)C(C)NCc1cccc(Oc2ccccc2)c1. The number of rotatable bonds is 6. The van der Waals surface area contributed by atoms with Crippen molar-refractivity contribution < 1.29 is 9.53 Å². The zero-order valence-corrected chi connectivity index (χ0v) is 12.3. The van der Waals surface area contributed by atoms with E-state index in [1.807, 2.05) is 61.5 Å². The van der Waals surface area contributed by atoms with Crippen molar-refractivity contribution in [1.82, 2.24) is 10.6 Å². The zero-order valence-electron chi connectivity index (χ0n) is 12.3. The molecule has 0 heterocycles. The molecule has 0 saturated carbocycles. The number of hydrogen-bond acceptors (Lipinski definition) is 3. The Hall–Kier alpha value is -2.33.